The zero-order valence-corrected chi connectivity index (χ0v) is 11.3. The summed E-state index contributed by atoms with van der Waals surface area (Å²) in [6.07, 6.45) is 0. The fraction of sp³-hybridized carbons (Fsp3) is 0.0667. The molecule has 0 radical (unpaired) electrons. The number of carboxylic acids is 1. The maximum absolute atomic E-state index is 11.2. The molecule has 0 spiro atoms. The third-order valence-electron chi connectivity index (χ3n) is 3.20. The molecule has 0 bridgehead atoms. The van der Waals surface area contributed by atoms with Gasteiger partial charge in [0.05, 0.1) is 11.3 Å². The second-order valence-corrected chi connectivity index (χ2v) is 4.58. The van der Waals surface area contributed by atoms with Crippen LogP contribution in [0.1, 0.15) is 15.9 Å². The first-order valence-electron chi connectivity index (χ1n) is 6.35. The Labute approximate surface area is 120 Å². The first-order chi connectivity index (χ1) is 10.2. The lowest BCUT2D eigenvalue weighted by atomic mass is 10.1. The smallest absolute Gasteiger partial charge is 0.336 e. The first kappa shape index (κ1) is 13.0. The molecule has 0 fully saturated rings. The fourth-order valence-corrected chi connectivity index (χ4v) is 2.10. The molecule has 1 aromatic heterocycles. The number of hydrogen-bond acceptors (Lipinski definition) is 4. The number of hydrogen-bond donors (Lipinski definition) is 1. The molecule has 3 rings (SSSR count). The van der Waals surface area contributed by atoms with E-state index in [0.29, 0.717) is 17.1 Å². The van der Waals surface area contributed by atoms with E-state index in [1.165, 1.54) is 4.68 Å². The number of aryl methyl sites for hydroxylation is 1. The average molecular weight is 280 g/mol. The number of rotatable bonds is 3. The van der Waals surface area contributed by atoms with E-state index >= 15 is 0 Å². The summed E-state index contributed by atoms with van der Waals surface area (Å²) in [7, 11) is 0. The summed E-state index contributed by atoms with van der Waals surface area (Å²) < 4.78 is 1.53. The summed E-state index contributed by atoms with van der Waals surface area (Å²) >= 11 is 0. The Hall–Kier alpha value is -3.02. The number of aromatic carboxylic acids is 1. The SMILES string of the molecule is Cc1ccc(-n2nnnc2-c2ccccc2)cc1C(=O)O. The molecule has 104 valence electrons. The molecule has 0 aliphatic carbocycles. The standard InChI is InChI=1S/C15H12N4O2/c1-10-7-8-12(9-13(10)15(20)21)19-14(16-17-18-19)11-5-3-2-4-6-11/h2-9H,1H3,(H,20,21). The normalized spacial score (nSPS) is 10.5. The van der Waals surface area contributed by atoms with Gasteiger partial charge in [-0.3, -0.25) is 0 Å². The molecule has 3 aromatic rings. The highest BCUT2D eigenvalue weighted by Gasteiger charge is 2.13. The Balaban J connectivity index is 2.13. The van der Waals surface area contributed by atoms with Gasteiger partial charge in [-0.2, -0.15) is 4.68 Å². The maximum Gasteiger partial charge on any atom is 0.336 e. The van der Waals surface area contributed by atoms with Crippen LogP contribution in [0.3, 0.4) is 0 Å². The Bertz CT molecular complexity index is 796. The third-order valence-corrected chi connectivity index (χ3v) is 3.20. The van der Waals surface area contributed by atoms with E-state index in [2.05, 4.69) is 15.5 Å². The first-order valence-corrected chi connectivity index (χ1v) is 6.35. The van der Waals surface area contributed by atoms with Gasteiger partial charge in [-0.15, -0.1) is 5.10 Å². The van der Waals surface area contributed by atoms with Crippen LogP contribution in [0.25, 0.3) is 17.1 Å². The lowest BCUT2D eigenvalue weighted by Crippen LogP contribution is -2.05. The van der Waals surface area contributed by atoms with Crippen LogP contribution in [0.2, 0.25) is 0 Å². The van der Waals surface area contributed by atoms with Crippen LogP contribution in [-0.2, 0) is 0 Å². The second kappa shape index (κ2) is 5.16. The molecular weight excluding hydrogens is 268 g/mol. The number of benzene rings is 2. The maximum atomic E-state index is 11.2. The van der Waals surface area contributed by atoms with Crippen molar-refractivity contribution in [2.24, 2.45) is 0 Å². The Morgan fingerprint density at radius 3 is 2.62 bits per heavy atom. The quantitative estimate of drug-likeness (QED) is 0.796. The summed E-state index contributed by atoms with van der Waals surface area (Å²) in [4.78, 5) is 11.2. The van der Waals surface area contributed by atoms with Gasteiger partial charge in [0.1, 0.15) is 0 Å². The van der Waals surface area contributed by atoms with Crippen LogP contribution >= 0.6 is 0 Å². The van der Waals surface area contributed by atoms with Gasteiger partial charge in [0.25, 0.3) is 0 Å². The lowest BCUT2D eigenvalue weighted by molar-refractivity contribution is 0.0696. The van der Waals surface area contributed by atoms with Crippen LogP contribution in [-0.4, -0.2) is 31.3 Å². The summed E-state index contributed by atoms with van der Waals surface area (Å²) in [6, 6.07) is 14.6. The van der Waals surface area contributed by atoms with E-state index in [0.717, 1.165) is 5.56 Å². The van der Waals surface area contributed by atoms with Crippen molar-refractivity contribution < 1.29 is 9.90 Å². The fourth-order valence-electron chi connectivity index (χ4n) is 2.10. The molecule has 6 heteroatoms. The van der Waals surface area contributed by atoms with Crippen molar-refractivity contribution in [3.8, 4) is 17.1 Å². The van der Waals surface area contributed by atoms with E-state index in [1.54, 1.807) is 25.1 Å². The highest BCUT2D eigenvalue weighted by Crippen LogP contribution is 2.20. The summed E-state index contributed by atoms with van der Waals surface area (Å²) in [5.41, 5.74) is 2.41. The molecule has 21 heavy (non-hydrogen) atoms. The Morgan fingerprint density at radius 1 is 1.14 bits per heavy atom. The molecule has 0 aliphatic rings. The summed E-state index contributed by atoms with van der Waals surface area (Å²) in [5, 5.41) is 20.9. The molecule has 0 saturated heterocycles. The van der Waals surface area contributed by atoms with Gasteiger partial charge in [-0.05, 0) is 35.0 Å². The molecule has 0 unspecified atom stereocenters. The largest absolute Gasteiger partial charge is 0.478 e. The Morgan fingerprint density at radius 2 is 1.90 bits per heavy atom. The minimum absolute atomic E-state index is 0.238. The summed E-state index contributed by atoms with van der Waals surface area (Å²) in [5.74, 6) is -0.403. The molecule has 2 aromatic carbocycles. The van der Waals surface area contributed by atoms with Crippen LogP contribution in [0, 0.1) is 6.92 Å². The molecular formula is C15H12N4O2. The van der Waals surface area contributed by atoms with Gasteiger partial charge in [0.2, 0.25) is 0 Å². The zero-order chi connectivity index (χ0) is 14.8. The molecule has 0 saturated carbocycles. The highest BCUT2D eigenvalue weighted by atomic mass is 16.4. The molecule has 0 aliphatic heterocycles. The van der Waals surface area contributed by atoms with Gasteiger partial charge in [0, 0.05) is 5.56 Å². The van der Waals surface area contributed by atoms with Crippen molar-refractivity contribution in [2.45, 2.75) is 6.92 Å². The number of aromatic nitrogens is 4. The van der Waals surface area contributed by atoms with E-state index in [9.17, 15) is 9.90 Å². The van der Waals surface area contributed by atoms with E-state index in [1.807, 2.05) is 30.3 Å². The van der Waals surface area contributed by atoms with Gasteiger partial charge in [-0.1, -0.05) is 36.4 Å². The second-order valence-electron chi connectivity index (χ2n) is 4.58. The van der Waals surface area contributed by atoms with Crippen molar-refractivity contribution in [3.63, 3.8) is 0 Å². The molecule has 6 nitrogen and oxygen atoms in total. The minimum Gasteiger partial charge on any atom is -0.478 e. The van der Waals surface area contributed by atoms with Crippen molar-refractivity contribution in [1.29, 1.82) is 0 Å². The summed E-state index contributed by atoms with van der Waals surface area (Å²) in [6.45, 7) is 1.75. The van der Waals surface area contributed by atoms with Gasteiger partial charge >= 0.3 is 5.97 Å². The minimum atomic E-state index is -0.969. The van der Waals surface area contributed by atoms with Crippen LogP contribution in [0.5, 0.6) is 0 Å². The molecule has 0 amide bonds. The van der Waals surface area contributed by atoms with E-state index in [-0.39, 0.29) is 5.56 Å². The third kappa shape index (κ3) is 2.38. The topological polar surface area (TPSA) is 80.9 Å². The van der Waals surface area contributed by atoms with Gasteiger partial charge in [-0.25, -0.2) is 4.79 Å². The van der Waals surface area contributed by atoms with Crippen molar-refractivity contribution in [3.05, 3.63) is 59.7 Å². The molecule has 1 N–H and O–H groups in total. The predicted molar refractivity (Wildman–Crippen MR) is 76.3 cm³/mol. The predicted octanol–water partition coefficient (Wildman–Crippen LogP) is 2.34. The Kier molecular flexibility index (Phi) is 3.19. The monoisotopic (exact) mass is 280 g/mol. The average Bonchev–Trinajstić information content (AvgIpc) is 2.98. The van der Waals surface area contributed by atoms with Crippen LogP contribution in [0.15, 0.2) is 48.5 Å². The van der Waals surface area contributed by atoms with Crippen LogP contribution in [0.4, 0.5) is 0 Å². The number of carboxylic acid groups (broad SMARTS) is 1. The number of nitrogens with zero attached hydrogens (tertiary/aromatic N) is 4. The van der Waals surface area contributed by atoms with E-state index in [4.69, 9.17) is 0 Å². The molecule has 0 atom stereocenters. The number of tetrazole rings is 1. The zero-order valence-electron chi connectivity index (χ0n) is 11.3. The molecule has 1 heterocycles. The number of carbonyl (C=O) groups is 1. The van der Waals surface area contributed by atoms with Gasteiger partial charge in [0.15, 0.2) is 5.82 Å². The van der Waals surface area contributed by atoms with Crippen LogP contribution < -0.4 is 0 Å². The van der Waals surface area contributed by atoms with E-state index < -0.39 is 5.97 Å². The van der Waals surface area contributed by atoms with Crippen molar-refractivity contribution in [1.82, 2.24) is 20.2 Å². The van der Waals surface area contributed by atoms with Crippen molar-refractivity contribution >= 4 is 5.97 Å². The van der Waals surface area contributed by atoms with Gasteiger partial charge < -0.3 is 5.11 Å². The lowest BCUT2D eigenvalue weighted by Gasteiger charge is -2.07. The highest BCUT2D eigenvalue weighted by molar-refractivity contribution is 5.90. The van der Waals surface area contributed by atoms with Crippen molar-refractivity contribution in [2.75, 3.05) is 0 Å².